The second kappa shape index (κ2) is 7.41. The van der Waals surface area contributed by atoms with E-state index in [1.54, 1.807) is 24.3 Å². The van der Waals surface area contributed by atoms with Crippen molar-refractivity contribution >= 4 is 34.7 Å². The standard InChI is InChI=1S/C21H17ClO3/c1-14(2)13-24-21-19(10-8-15-6-4-3-5-7-15)25-18-11-9-16(22)12-17(18)20(21)23/h3-12H,1,13H2,2H3/b10-8+. The van der Waals surface area contributed by atoms with Crippen molar-refractivity contribution in [3.63, 3.8) is 0 Å². The minimum absolute atomic E-state index is 0.157. The van der Waals surface area contributed by atoms with Gasteiger partial charge in [0.05, 0.1) is 5.39 Å². The topological polar surface area (TPSA) is 39.4 Å². The van der Waals surface area contributed by atoms with Crippen LogP contribution in [0.2, 0.25) is 5.02 Å². The summed E-state index contributed by atoms with van der Waals surface area (Å²) in [7, 11) is 0. The van der Waals surface area contributed by atoms with Gasteiger partial charge < -0.3 is 9.15 Å². The molecule has 0 N–H and O–H groups in total. The third kappa shape index (κ3) is 4.01. The van der Waals surface area contributed by atoms with Crippen LogP contribution < -0.4 is 10.2 Å². The van der Waals surface area contributed by atoms with E-state index in [0.717, 1.165) is 11.1 Å². The number of hydrogen-bond acceptors (Lipinski definition) is 3. The zero-order valence-electron chi connectivity index (χ0n) is 13.8. The molecule has 0 saturated heterocycles. The molecule has 0 radical (unpaired) electrons. The van der Waals surface area contributed by atoms with Gasteiger partial charge in [0.1, 0.15) is 12.2 Å². The van der Waals surface area contributed by atoms with Crippen LogP contribution in [0.3, 0.4) is 0 Å². The van der Waals surface area contributed by atoms with Gasteiger partial charge in [-0.3, -0.25) is 4.79 Å². The molecule has 0 aliphatic carbocycles. The summed E-state index contributed by atoms with van der Waals surface area (Å²) >= 11 is 6.00. The van der Waals surface area contributed by atoms with Gasteiger partial charge in [-0.15, -0.1) is 0 Å². The van der Waals surface area contributed by atoms with Crippen molar-refractivity contribution in [2.24, 2.45) is 0 Å². The van der Waals surface area contributed by atoms with E-state index in [1.165, 1.54) is 0 Å². The first-order chi connectivity index (χ1) is 12.0. The first-order valence-corrected chi connectivity index (χ1v) is 8.19. The number of hydrogen-bond donors (Lipinski definition) is 0. The maximum absolute atomic E-state index is 12.8. The van der Waals surface area contributed by atoms with Gasteiger partial charge in [0.15, 0.2) is 5.76 Å². The van der Waals surface area contributed by atoms with E-state index in [-0.39, 0.29) is 17.8 Å². The SMILES string of the molecule is C=C(C)COc1c(/C=C/c2ccccc2)oc2ccc(Cl)cc2c1=O. The fraction of sp³-hybridized carbons (Fsp3) is 0.0952. The fourth-order valence-corrected chi connectivity index (χ4v) is 2.52. The van der Waals surface area contributed by atoms with Crippen LogP contribution in [-0.4, -0.2) is 6.61 Å². The minimum Gasteiger partial charge on any atom is -0.482 e. The molecule has 0 unspecified atom stereocenters. The monoisotopic (exact) mass is 352 g/mol. The van der Waals surface area contributed by atoms with Crippen molar-refractivity contribution in [2.45, 2.75) is 6.92 Å². The zero-order valence-corrected chi connectivity index (χ0v) is 14.5. The van der Waals surface area contributed by atoms with E-state index in [0.29, 0.717) is 21.8 Å². The van der Waals surface area contributed by atoms with E-state index in [2.05, 4.69) is 6.58 Å². The Balaban J connectivity index is 2.12. The lowest BCUT2D eigenvalue weighted by molar-refractivity contribution is 0.336. The zero-order chi connectivity index (χ0) is 17.8. The van der Waals surface area contributed by atoms with Crippen LogP contribution >= 0.6 is 11.6 Å². The van der Waals surface area contributed by atoms with Crippen LogP contribution in [0.1, 0.15) is 18.2 Å². The van der Waals surface area contributed by atoms with Crippen LogP contribution in [0.5, 0.6) is 5.75 Å². The van der Waals surface area contributed by atoms with Crippen molar-refractivity contribution in [2.75, 3.05) is 6.61 Å². The highest BCUT2D eigenvalue weighted by Gasteiger charge is 2.14. The Bertz CT molecular complexity index is 1000. The molecule has 0 saturated carbocycles. The van der Waals surface area contributed by atoms with Gasteiger partial charge in [0, 0.05) is 5.02 Å². The molecule has 1 aromatic heterocycles. The molecule has 3 nitrogen and oxygen atoms in total. The predicted octanol–water partition coefficient (Wildman–Crippen LogP) is 5.57. The average Bonchev–Trinajstić information content (AvgIpc) is 2.60. The summed E-state index contributed by atoms with van der Waals surface area (Å²) in [5, 5.41) is 0.860. The van der Waals surface area contributed by atoms with E-state index in [4.69, 9.17) is 20.8 Å². The maximum atomic E-state index is 12.8. The van der Waals surface area contributed by atoms with E-state index >= 15 is 0 Å². The Morgan fingerprint density at radius 1 is 1.20 bits per heavy atom. The van der Waals surface area contributed by atoms with Gasteiger partial charge in [0.2, 0.25) is 11.2 Å². The molecule has 0 aliphatic rings. The Hall–Kier alpha value is -2.78. The van der Waals surface area contributed by atoms with Crippen LogP contribution in [0, 0.1) is 0 Å². The maximum Gasteiger partial charge on any atom is 0.235 e. The molecule has 0 bridgehead atoms. The predicted molar refractivity (Wildman–Crippen MR) is 103 cm³/mol. The molecule has 0 spiro atoms. The Morgan fingerprint density at radius 3 is 2.68 bits per heavy atom. The molecule has 0 fully saturated rings. The summed E-state index contributed by atoms with van der Waals surface area (Å²) in [6.07, 6.45) is 3.60. The lowest BCUT2D eigenvalue weighted by atomic mass is 10.1. The molecule has 126 valence electrons. The molecular weight excluding hydrogens is 336 g/mol. The first kappa shape index (κ1) is 17.1. The second-order valence-corrected chi connectivity index (χ2v) is 6.19. The molecule has 25 heavy (non-hydrogen) atoms. The second-order valence-electron chi connectivity index (χ2n) is 5.75. The summed E-state index contributed by atoms with van der Waals surface area (Å²) in [5.41, 5.74) is 2.01. The molecule has 2 aromatic carbocycles. The van der Waals surface area contributed by atoms with Gasteiger partial charge in [-0.05, 0) is 42.3 Å². The van der Waals surface area contributed by atoms with Crippen molar-refractivity contribution in [3.05, 3.63) is 87.3 Å². The highest BCUT2D eigenvalue weighted by molar-refractivity contribution is 6.31. The van der Waals surface area contributed by atoms with Gasteiger partial charge >= 0.3 is 0 Å². The Kier molecular flexibility index (Phi) is 5.05. The van der Waals surface area contributed by atoms with Crippen LogP contribution in [0.15, 0.2) is 69.9 Å². The number of ether oxygens (including phenoxy) is 1. The van der Waals surface area contributed by atoms with Crippen molar-refractivity contribution in [1.29, 1.82) is 0 Å². The highest BCUT2D eigenvalue weighted by Crippen LogP contribution is 2.25. The van der Waals surface area contributed by atoms with Crippen LogP contribution in [0.25, 0.3) is 23.1 Å². The first-order valence-electron chi connectivity index (χ1n) is 7.81. The molecule has 0 atom stereocenters. The summed E-state index contributed by atoms with van der Waals surface area (Å²) in [6, 6.07) is 14.7. The van der Waals surface area contributed by atoms with Gasteiger partial charge in [-0.2, -0.15) is 0 Å². The lowest BCUT2D eigenvalue weighted by Gasteiger charge is -2.09. The summed E-state index contributed by atoms with van der Waals surface area (Å²) < 4.78 is 11.5. The average molecular weight is 353 g/mol. The molecule has 0 amide bonds. The Labute approximate surface area is 150 Å². The molecular formula is C21H17ClO3. The summed E-state index contributed by atoms with van der Waals surface area (Å²) in [6.45, 7) is 5.87. The third-order valence-electron chi connectivity index (χ3n) is 3.53. The van der Waals surface area contributed by atoms with Crippen molar-refractivity contribution < 1.29 is 9.15 Å². The third-order valence-corrected chi connectivity index (χ3v) is 3.76. The highest BCUT2D eigenvalue weighted by atomic mass is 35.5. The van der Waals surface area contributed by atoms with Crippen molar-refractivity contribution in [1.82, 2.24) is 0 Å². The molecule has 3 rings (SSSR count). The van der Waals surface area contributed by atoms with Crippen LogP contribution in [-0.2, 0) is 0 Å². The molecule has 4 heteroatoms. The number of rotatable bonds is 5. The number of halogens is 1. The number of fused-ring (bicyclic) bond motifs is 1. The van der Waals surface area contributed by atoms with Gasteiger partial charge in [-0.25, -0.2) is 0 Å². The van der Waals surface area contributed by atoms with E-state index in [1.807, 2.05) is 43.3 Å². The molecule has 3 aromatic rings. The normalized spacial score (nSPS) is 11.1. The van der Waals surface area contributed by atoms with Gasteiger partial charge in [0.25, 0.3) is 0 Å². The molecule has 1 heterocycles. The molecule has 0 aliphatic heterocycles. The van der Waals surface area contributed by atoms with Crippen molar-refractivity contribution in [3.8, 4) is 5.75 Å². The fourth-order valence-electron chi connectivity index (χ4n) is 2.35. The quantitative estimate of drug-likeness (QED) is 0.563. The van der Waals surface area contributed by atoms with Gasteiger partial charge in [-0.1, -0.05) is 54.6 Å². The summed E-state index contributed by atoms with van der Waals surface area (Å²) in [4.78, 5) is 12.8. The smallest absolute Gasteiger partial charge is 0.235 e. The number of benzene rings is 2. The van der Waals surface area contributed by atoms with E-state index in [9.17, 15) is 4.79 Å². The minimum atomic E-state index is -0.252. The summed E-state index contributed by atoms with van der Waals surface area (Å²) in [5.74, 6) is 0.523. The Morgan fingerprint density at radius 2 is 1.96 bits per heavy atom. The van der Waals surface area contributed by atoms with E-state index < -0.39 is 0 Å². The lowest BCUT2D eigenvalue weighted by Crippen LogP contribution is -2.11. The van der Waals surface area contributed by atoms with Crippen LogP contribution in [0.4, 0.5) is 0 Å². The largest absolute Gasteiger partial charge is 0.482 e.